The summed E-state index contributed by atoms with van der Waals surface area (Å²) in [4.78, 5) is 0. The molecule has 0 aliphatic rings. The van der Waals surface area contributed by atoms with Crippen LogP contribution in [0.15, 0.2) is 27.1 Å². The van der Waals surface area contributed by atoms with Gasteiger partial charge in [-0.25, -0.2) is 0 Å². The van der Waals surface area contributed by atoms with Crippen LogP contribution in [0.2, 0.25) is 0 Å². The van der Waals surface area contributed by atoms with Crippen LogP contribution in [-0.4, -0.2) is 11.7 Å². The van der Waals surface area contributed by atoms with Crippen LogP contribution in [0.3, 0.4) is 0 Å². The predicted octanol–water partition coefficient (Wildman–Crippen LogP) is 3.65. The number of hydrogen-bond donors (Lipinski definition) is 2. The lowest BCUT2D eigenvalue weighted by Crippen LogP contribution is -2.32. The van der Waals surface area contributed by atoms with Gasteiger partial charge in [0.05, 0.1) is 0 Å². The molecule has 0 unspecified atom stereocenters. The SMILES string of the molecule is CC(C)(CO)[C@H](N)c1cc(Br)ccc1Br.Cl. The fourth-order valence-electron chi connectivity index (χ4n) is 1.27. The highest BCUT2D eigenvalue weighted by molar-refractivity contribution is 9.11. The molecule has 0 saturated heterocycles. The molecular formula is C11H16Br2ClNO. The van der Waals surface area contributed by atoms with Crippen LogP contribution in [0.4, 0.5) is 0 Å². The molecule has 1 aromatic rings. The number of aliphatic hydroxyl groups is 1. The maximum absolute atomic E-state index is 9.28. The lowest BCUT2D eigenvalue weighted by molar-refractivity contribution is 0.132. The molecular weight excluding hydrogens is 357 g/mol. The molecule has 0 radical (unpaired) electrons. The number of nitrogens with two attached hydrogens (primary N) is 1. The summed E-state index contributed by atoms with van der Waals surface area (Å²) in [6, 6.07) is 5.68. The van der Waals surface area contributed by atoms with Gasteiger partial charge in [-0.3, -0.25) is 0 Å². The van der Waals surface area contributed by atoms with Crippen molar-refractivity contribution in [3.8, 4) is 0 Å². The normalized spacial score (nSPS) is 13.1. The van der Waals surface area contributed by atoms with Crippen molar-refractivity contribution >= 4 is 44.3 Å². The third-order valence-electron chi connectivity index (χ3n) is 2.54. The van der Waals surface area contributed by atoms with Gasteiger partial charge >= 0.3 is 0 Å². The molecule has 0 saturated carbocycles. The van der Waals surface area contributed by atoms with Crippen molar-refractivity contribution < 1.29 is 5.11 Å². The molecule has 0 aromatic heterocycles. The van der Waals surface area contributed by atoms with Crippen LogP contribution < -0.4 is 5.73 Å². The highest BCUT2D eigenvalue weighted by Gasteiger charge is 2.28. The van der Waals surface area contributed by atoms with Crippen molar-refractivity contribution in [1.82, 2.24) is 0 Å². The van der Waals surface area contributed by atoms with E-state index in [1.54, 1.807) is 0 Å². The minimum Gasteiger partial charge on any atom is -0.396 e. The molecule has 0 amide bonds. The van der Waals surface area contributed by atoms with Gasteiger partial charge < -0.3 is 10.8 Å². The fourth-order valence-corrected chi connectivity index (χ4v) is 2.14. The number of halogens is 3. The summed E-state index contributed by atoms with van der Waals surface area (Å²) in [5.74, 6) is 0. The molecule has 0 aliphatic heterocycles. The van der Waals surface area contributed by atoms with Gasteiger partial charge in [-0.15, -0.1) is 12.4 Å². The van der Waals surface area contributed by atoms with Crippen LogP contribution in [-0.2, 0) is 0 Å². The zero-order chi connectivity index (χ0) is 11.6. The smallest absolute Gasteiger partial charge is 0.0500 e. The van der Waals surface area contributed by atoms with Crippen LogP contribution in [0, 0.1) is 5.41 Å². The standard InChI is InChI=1S/C11H15Br2NO.ClH/c1-11(2,6-15)10(14)8-5-7(12)3-4-9(8)13;/h3-5,10,15H,6,14H2,1-2H3;1H/t10-;/m1./s1. The topological polar surface area (TPSA) is 46.2 Å². The molecule has 0 heterocycles. The van der Waals surface area contributed by atoms with Gasteiger partial charge in [0.15, 0.2) is 0 Å². The van der Waals surface area contributed by atoms with Crippen molar-refractivity contribution in [3.05, 3.63) is 32.7 Å². The summed E-state index contributed by atoms with van der Waals surface area (Å²) in [5.41, 5.74) is 6.82. The van der Waals surface area contributed by atoms with Crippen LogP contribution in [0.25, 0.3) is 0 Å². The Bertz CT molecular complexity index is 358. The lowest BCUT2D eigenvalue weighted by atomic mass is 9.82. The van der Waals surface area contributed by atoms with E-state index in [4.69, 9.17) is 5.73 Å². The number of aliphatic hydroxyl groups excluding tert-OH is 1. The molecule has 5 heteroatoms. The molecule has 1 atom stereocenters. The average Bonchev–Trinajstić information content (AvgIpc) is 2.20. The summed E-state index contributed by atoms with van der Waals surface area (Å²) in [6.45, 7) is 3.96. The maximum Gasteiger partial charge on any atom is 0.0500 e. The molecule has 0 bridgehead atoms. The predicted molar refractivity (Wildman–Crippen MR) is 76.9 cm³/mol. The number of benzene rings is 1. The molecule has 16 heavy (non-hydrogen) atoms. The second kappa shape index (κ2) is 6.36. The van der Waals surface area contributed by atoms with Crippen molar-refractivity contribution in [3.63, 3.8) is 0 Å². The molecule has 1 rings (SSSR count). The Balaban J connectivity index is 0.00000225. The second-order valence-electron chi connectivity index (χ2n) is 4.29. The van der Waals surface area contributed by atoms with E-state index in [2.05, 4.69) is 31.9 Å². The summed E-state index contributed by atoms with van der Waals surface area (Å²) in [6.07, 6.45) is 0. The van der Waals surface area contributed by atoms with E-state index in [9.17, 15) is 5.11 Å². The van der Waals surface area contributed by atoms with Crippen molar-refractivity contribution in [2.24, 2.45) is 11.1 Å². The van der Waals surface area contributed by atoms with Crippen molar-refractivity contribution in [2.75, 3.05) is 6.61 Å². The Morgan fingerprint density at radius 3 is 2.44 bits per heavy atom. The first-order chi connectivity index (χ1) is 6.88. The van der Waals surface area contributed by atoms with Gasteiger partial charge in [0, 0.05) is 27.0 Å². The first-order valence-corrected chi connectivity index (χ1v) is 6.28. The monoisotopic (exact) mass is 371 g/mol. The Morgan fingerprint density at radius 1 is 1.38 bits per heavy atom. The summed E-state index contributed by atoms with van der Waals surface area (Å²) < 4.78 is 1.96. The van der Waals surface area contributed by atoms with E-state index in [-0.39, 0.29) is 30.5 Å². The zero-order valence-electron chi connectivity index (χ0n) is 9.21. The quantitative estimate of drug-likeness (QED) is 0.850. The minimum atomic E-state index is -0.330. The lowest BCUT2D eigenvalue weighted by Gasteiger charge is -2.30. The van der Waals surface area contributed by atoms with Crippen molar-refractivity contribution in [1.29, 1.82) is 0 Å². The Kier molecular flexibility index (Phi) is 6.51. The largest absolute Gasteiger partial charge is 0.396 e. The number of rotatable bonds is 3. The van der Waals surface area contributed by atoms with Crippen LogP contribution in [0.5, 0.6) is 0 Å². The van der Waals surface area contributed by atoms with Crippen LogP contribution in [0.1, 0.15) is 25.5 Å². The third kappa shape index (κ3) is 3.70. The van der Waals surface area contributed by atoms with Crippen molar-refractivity contribution in [2.45, 2.75) is 19.9 Å². The first kappa shape index (κ1) is 16.4. The summed E-state index contributed by atoms with van der Waals surface area (Å²) >= 11 is 6.88. The molecule has 2 nitrogen and oxygen atoms in total. The second-order valence-corrected chi connectivity index (χ2v) is 6.06. The molecule has 3 N–H and O–H groups in total. The van der Waals surface area contributed by atoms with E-state index in [1.165, 1.54) is 0 Å². The Hall–Kier alpha value is 0.390. The zero-order valence-corrected chi connectivity index (χ0v) is 13.2. The Morgan fingerprint density at radius 2 is 1.94 bits per heavy atom. The van der Waals surface area contributed by atoms with Gasteiger partial charge in [0.1, 0.15) is 0 Å². The molecule has 1 aromatic carbocycles. The molecule has 92 valence electrons. The number of hydrogen-bond acceptors (Lipinski definition) is 2. The van der Waals surface area contributed by atoms with E-state index < -0.39 is 0 Å². The average molecular weight is 374 g/mol. The van der Waals surface area contributed by atoms with Gasteiger partial charge in [0.2, 0.25) is 0 Å². The first-order valence-electron chi connectivity index (χ1n) is 4.70. The van der Waals surface area contributed by atoms with Gasteiger partial charge in [-0.1, -0.05) is 45.7 Å². The molecule has 0 fully saturated rings. The van der Waals surface area contributed by atoms with E-state index in [1.807, 2.05) is 32.0 Å². The fraction of sp³-hybridized carbons (Fsp3) is 0.455. The van der Waals surface area contributed by atoms with Gasteiger partial charge in [-0.2, -0.15) is 0 Å². The molecule has 0 spiro atoms. The van der Waals surface area contributed by atoms with E-state index in [0.29, 0.717) is 0 Å². The minimum absolute atomic E-state index is 0. The summed E-state index contributed by atoms with van der Waals surface area (Å²) in [5, 5.41) is 9.28. The third-order valence-corrected chi connectivity index (χ3v) is 3.76. The van der Waals surface area contributed by atoms with E-state index >= 15 is 0 Å². The van der Waals surface area contributed by atoms with Crippen LogP contribution >= 0.6 is 44.3 Å². The Labute approximate surface area is 119 Å². The summed E-state index contributed by atoms with van der Waals surface area (Å²) in [7, 11) is 0. The maximum atomic E-state index is 9.28. The van der Waals surface area contributed by atoms with E-state index in [0.717, 1.165) is 14.5 Å². The highest BCUT2D eigenvalue weighted by atomic mass is 79.9. The highest BCUT2D eigenvalue weighted by Crippen LogP contribution is 2.35. The van der Waals surface area contributed by atoms with Gasteiger partial charge in [0.25, 0.3) is 0 Å². The van der Waals surface area contributed by atoms with Gasteiger partial charge in [-0.05, 0) is 23.8 Å². The molecule has 0 aliphatic carbocycles.